The zero-order chi connectivity index (χ0) is 14.9. The molecule has 0 saturated carbocycles. The molecule has 3 rings (SSSR count). The fraction of sp³-hybridized carbons (Fsp3) is 0.333. The van der Waals surface area contributed by atoms with E-state index in [4.69, 9.17) is 0 Å². The van der Waals surface area contributed by atoms with Crippen LogP contribution in [0.1, 0.15) is 24.6 Å². The maximum atomic E-state index is 11.9. The van der Waals surface area contributed by atoms with Crippen molar-refractivity contribution in [3.63, 3.8) is 0 Å². The van der Waals surface area contributed by atoms with Gasteiger partial charge in [0.25, 0.3) is 0 Å². The molecule has 2 aromatic rings. The molecule has 0 amide bonds. The minimum atomic E-state index is -3.20. The van der Waals surface area contributed by atoms with E-state index in [1.165, 1.54) is 6.26 Å². The van der Waals surface area contributed by atoms with Crippen LogP contribution in [-0.2, 0) is 10.0 Å². The summed E-state index contributed by atoms with van der Waals surface area (Å²) in [5.74, 6) is 0. The second-order valence-electron chi connectivity index (χ2n) is 5.22. The second-order valence-corrected chi connectivity index (χ2v) is 7.16. The molecule has 1 aliphatic heterocycles. The minimum Gasteiger partial charge on any atom is -0.264 e. The predicted molar refractivity (Wildman–Crippen MR) is 81.0 cm³/mol. The zero-order valence-electron chi connectivity index (χ0n) is 11.8. The Labute approximate surface area is 124 Å². The van der Waals surface area contributed by atoms with Crippen molar-refractivity contribution in [2.24, 2.45) is 0 Å². The first-order valence-electron chi connectivity index (χ1n) is 6.90. The normalized spacial score (nSPS) is 19.8. The lowest BCUT2D eigenvalue weighted by atomic mass is 10.1. The number of sulfonamides is 1. The van der Waals surface area contributed by atoms with E-state index in [0.29, 0.717) is 6.54 Å². The van der Waals surface area contributed by atoms with E-state index in [1.54, 1.807) is 16.7 Å². The summed E-state index contributed by atoms with van der Waals surface area (Å²) < 4.78 is 25.3. The SMILES string of the molecule is CS(=O)(=O)N1CCC[C@H]1c1cccc(-c2cccnc2)n1. The van der Waals surface area contributed by atoms with Crippen molar-refractivity contribution in [3.8, 4) is 11.3 Å². The molecule has 3 heterocycles. The Kier molecular flexibility index (Phi) is 3.73. The largest absolute Gasteiger partial charge is 0.264 e. The van der Waals surface area contributed by atoms with Gasteiger partial charge in [0, 0.05) is 24.5 Å². The van der Waals surface area contributed by atoms with Gasteiger partial charge in [0.1, 0.15) is 0 Å². The van der Waals surface area contributed by atoms with Gasteiger partial charge in [0.2, 0.25) is 10.0 Å². The lowest BCUT2D eigenvalue weighted by Gasteiger charge is -2.22. The van der Waals surface area contributed by atoms with Crippen LogP contribution in [0.15, 0.2) is 42.7 Å². The summed E-state index contributed by atoms with van der Waals surface area (Å²) in [4.78, 5) is 8.74. The van der Waals surface area contributed by atoms with Gasteiger partial charge < -0.3 is 0 Å². The van der Waals surface area contributed by atoms with Crippen molar-refractivity contribution in [2.45, 2.75) is 18.9 Å². The average molecular weight is 303 g/mol. The second kappa shape index (κ2) is 5.54. The lowest BCUT2D eigenvalue weighted by Crippen LogP contribution is -2.29. The van der Waals surface area contributed by atoms with Gasteiger partial charge >= 0.3 is 0 Å². The Morgan fingerprint density at radius 2 is 2.10 bits per heavy atom. The average Bonchev–Trinajstić information content (AvgIpc) is 2.98. The lowest BCUT2D eigenvalue weighted by molar-refractivity contribution is 0.394. The summed E-state index contributed by atoms with van der Waals surface area (Å²) >= 11 is 0. The quantitative estimate of drug-likeness (QED) is 0.872. The first-order valence-corrected chi connectivity index (χ1v) is 8.75. The van der Waals surface area contributed by atoms with Crippen molar-refractivity contribution < 1.29 is 8.42 Å². The summed E-state index contributed by atoms with van der Waals surface area (Å²) in [5, 5.41) is 0. The molecule has 1 aliphatic rings. The molecular formula is C15H17N3O2S. The number of pyridine rings is 2. The fourth-order valence-corrected chi connectivity index (χ4v) is 3.88. The molecule has 1 atom stereocenters. The van der Waals surface area contributed by atoms with Crippen LogP contribution < -0.4 is 0 Å². The third-order valence-corrected chi connectivity index (χ3v) is 4.99. The topological polar surface area (TPSA) is 63.2 Å². The summed E-state index contributed by atoms with van der Waals surface area (Å²) in [6.07, 6.45) is 6.42. The number of nitrogens with zero attached hydrogens (tertiary/aromatic N) is 3. The van der Waals surface area contributed by atoms with E-state index in [9.17, 15) is 8.42 Å². The fourth-order valence-electron chi connectivity index (χ4n) is 2.74. The van der Waals surface area contributed by atoms with Crippen LogP contribution in [0.3, 0.4) is 0 Å². The van der Waals surface area contributed by atoms with Gasteiger partial charge in [0.15, 0.2) is 0 Å². The van der Waals surface area contributed by atoms with Gasteiger partial charge in [0.05, 0.1) is 23.7 Å². The molecule has 1 fully saturated rings. The van der Waals surface area contributed by atoms with Crippen LogP contribution in [0, 0.1) is 0 Å². The molecule has 0 aliphatic carbocycles. The maximum Gasteiger partial charge on any atom is 0.211 e. The van der Waals surface area contributed by atoms with Gasteiger partial charge in [-0.25, -0.2) is 8.42 Å². The Morgan fingerprint density at radius 1 is 1.24 bits per heavy atom. The third kappa shape index (κ3) is 2.96. The molecule has 0 radical (unpaired) electrons. The van der Waals surface area contributed by atoms with Crippen LogP contribution in [0.25, 0.3) is 11.3 Å². The van der Waals surface area contributed by atoms with Crippen LogP contribution in [0.4, 0.5) is 0 Å². The highest BCUT2D eigenvalue weighted by Gasteiger charge is 2.33. The summed E-state index contributed by atoms with van der Waals surface area (Å²) in [5.41, 5.74) is 2.56. The van der Waals surface area contributed by atoms with Crippen molar-refractivity contribution in [3.05, 3.63) is 48.4 Å². The molecule has 0 spiro atoms. The molecule has 0 bridgehead atoms. The van der Waals surface area contributed by atoms with Crippen LogP contribution in [0.5, 0.6) is 0 Å². The van der Waals surface area contributed by atoms with E-state index in [2.05, 4.69) is 9.97 Å². The molecule has 6 heteroatoms. The van der Waals surface area contributed by atoms with E-state index >= 15 is 0 Å². The Bertz CT molecular complexity index is 732. The number of hydrogen-bond donors (Lipinski definition) is 0. The molecule has 0 aromatic carbocycles. The monoisotopic (exact) mass is 303 g/mol. The number of hydrogen-bond acceptors (Lipinski definition) is 4. The van der Waals surface area contributed by atoms with Crippen molar-refractivity contribution >= 4 is 10.0 Å². The van der Waals surface area contributed by atoms with Crippen LogP contribution in [0.2, 0.25) is 0 Å². The Hall–Kier alpha value is -1.79. The molecule has 0 unspecified atom stereocenters. The predicted octanol–water partition coefficient (Wildman–Crippen LogP) is 2.24. The van der Waals surface area contributed by atoms with Gasteiger partial charge in [-0.3, -0.25) is 9.97 Å². The molecular weight excluding hydrogens is 286 g/mol. The summed E-state index contributed by atoms with van der Waals surface area (Å²) in [6, 6.07) is 9.39. The van der Waals surface area contributed by atoms with Crippen molar-refractivity contribution in [1.29, 1.82) is 0 Å². The first-order chi connectivity index (χ1) is 10.1. The van der Waals surface area contributed by atoms with E-state index in [-0.39, 0.29) is 6.04 Å². The van der Waals surface area contributed by atoms with Crippen LogP contribution >= 0.6 is 0 Å². The highest BCUT2D eigenvalue weighted by Crippen LogP contribution is 2.33. The summed E-state index contributed by atoms with van der Waals surface area (Å²) in [6.45, 7) is 0.572. The standard InChI is InChI=1S/C15H17N3O2S/c1-21(19,20)18-10-4-8-15(18)14-7-2-6-13(17-14)12-5-3-9-16-11-12/h2-3,5-7,9,11,15H,4,8,10H2,1H3/t15-/m0/s1. The van der Waals surface area contributed by atoms with E-state index < -0.39 is 10.0 Å². The van der Waals surface area contributed by atoms with Gasteiger partial charge in [-0.15, -0.1) is 0 Å². The van der Waals surface area contributed by atoms with Gasteiger partial charge in [-0.2, -0.15) is 4.31 Å². The van der Waals surface area contributed by atoms with Gasteiger partial charge in [-0.05, 0) is 37.1 Å². The molecule has 21 heavy (non-hydrogen) atoms. The Morgan fingerprint density at radius 3 is 2.81 bits per heavy atom. The van der Waals surface area contributed by atoms with E-state index in [0.717, 1.165) is 29.8 Å². The number of aromatic nitrogens is 2. The maximum absolute atomic E-state index is 11.9. The first kappa shape index (κ1) is 14.2. The number of rotatable bonds is 3. The zero-order valence-corrected chi connectivity index (χ0v) is 12.6. The molecule has 1 saturated heterocycles. The van der Waals surface area contributed by atoms with Crippen molar-refractivity contribution in [1.82, 2.24) is 14.3 Å². The Balaban J connectivity index is 1.97. The van der Waals surface area contributed by atoms with Crippen LogP contribution in [-0.4, -0.2) is 35.5 Å². The molecule has 2 aromatic heterocycles. The molecule has 0 N–H and O–H groups in total. The van der Waals surface area contributed by atoms with Crippen molar-refractivity contribution in [2.75, 3.05) is 12.8 Å². The third-order valence-electron chi connectivity index (χ3n) is 3.70. The van der Waals surface area contributed by atoms with Gasteiger partial charge in [-0.1, -0.05) is 6.07 Å². The molecule has 5 nitrogen and oxygen atoms in total. The highest BCUT2D eigenvalue weighted by atomic mass is 32.2. The van der Waals surface area contributed by atoms with E-state index in [1.807, 2.05) is 30.3 Å². The highest BCUT2D eigenvalue weighted by molar-refractivity contribution is 7.88. The molecule has 110 valence electrons. The smallest absolute Gasteiger partial charge is 0.211 e. The summed E-state index contributed by atoms with van der Waals surface area (Å²) in [7, 11) is -3.20. The minimum absolute atomic E-state index is 0.156.